The second-order valence-electron chi connectivity index (χ2n) is 4.20. The Morgan fingerprint density at radius 1 is 1.21 bits per heavy atom. The van der Waals surface area contributed by atoms with E-state index in [9.17, 15) is 10.1 Å². The molecule has 1 aliphatic rings. The highest BCUT2D eigenvalue weighted by atomic mass is 16.6. The molecule has 1 heterocycles. The smallest absolute Gasteiger partial charge is 0.312 e. The van der Waals surface area contributed by atoms with Crippen LogP contribution in [0.1, 0.15) is 5.56 Å². The quantitative estimate of drug-likeness (QED) is 0.625. The number of hydrogen-bond acceptors (Lipinski definition) is 4. The first-order valence-electron chi connectivity index (χ1n) is 5.91. The SMILES string of the molecule is O=[N+]([O-])c1cc2c(cc1Oc1ccccc1)OCC2. The standard InChI is InChI=1S/C14H11NO4/c16-15(17)12-8-10-6-7-18-13(10)9-14(12)19-11-4-2-1-3-5-11/h1-5,8-9H,6-7H2. The minimum absolute atomic E-state index is 0.0342. The number of hydrogen-bond donors (Lipinski definition) is 0. The zero-order valence-corrected chi connectivity index (χ0v) is 10.0. The molecule has 0 bridgehead atoms. The Hall–Kier alpha value is -2.56. The van der Waals surface area contributed by atoms with Gasteiger partial charge in [-0.25, -0.2) is 0 Å². The lowest BCUT2D eigenvalue weighted by Crippen LogP contribution is -1.94. The summed E-state index contributed by atoms with van der Waals surface area (Å²) in [4.78, 5) is 10.7. The first kappa shape index (κ1) is 11.5. The summed E-state index contributed by atoms with van der Waals surface area (Å²) in [5, 5.41) is 11.1. The average molecular weight is 257 g/mol. The van der Waals surface area contributed by atoms with Crippen LogP contribution in [0, 0.1) is 10.1 Å². The second-order valence-corrected chi connectivity index (χ2v) is 4.20. The van der Waals surface area contributed by atoms with E-state index in [1.54, 1.807) is 18.2 Å². The summed E-state index contributed by atoms with van der Waals surface area (Å²) in [6.45, 7) is 0.557. The van der Waals surface area contributed by atoms with E-state index >= 15 is 0 Å². The fourth-order valence-electron chi connectivity index (χ4n) is 2.03. The van der Waals surface area contributed by atoms with E-state index in [1.165, 1.54) is 6.07 Å². The van der Waals surface area contributed by atoms with Crippen molar-refractivity contribution in [2.45, 2.75) is 6.42 Å². The van der Waals surface area contributed by atoms with Crippen LogP contribution in [0.25, 0.3) is 0 Å². The maximum absolute atomic E-state index is 11.1. The van der Waals surface area contributed by atoms with Gasteiger partial charge in [-0.05, 0) is 12.1 Å². The number of nitro groups is 1. The van der Waals surface area contributed by atoms with Gasteiger partial charge in [0, 0.05) is 24.1 Å². The Morgan fingerprint density at radius 3 is 2.74 bits per heavy atom. The van der Waals surface area contributed by atoms with Gasteiger partial charge in [-0.2, -0.15) is 0 Å². The number of para-hydroxylation sites is 1. The zero-order chi connectivity index (χ0) is 13.2. The molecular formula is C14H11NO4. The highest BCUT2D eigenvalue weighted by molar-refractivity contribution is 5.57. The highest BCUT2D eigenvalue weighted by Gasteiger charge is 2.23. The van der Waals surface area contributed by atoms with Crippen LogP contribution in [-0.4, -0.2) is 11.5 Å². The molecule has 96 valence electrons. The molecule has 3 rings (SSSR count). The van der Waals surface area contributed by atoms with E-state index in [0.717, 1.165) is 5.56 Å². The predicted octanol–water partition coefficient (Wildman–Crippen LogP) is 3.32. The van der Waals surface area contributed by atoms with E-state index < -0.39 is 4.92 Å². The van der Waals surface area contributed by atoms with Gasteiger partial charge in [-0.1, -0.05) is 18.2 Å². The van der Waals surface area contributed by atoms with Gasteiger partial charge in [0.1, 0.15) is 11.5 Å². The van der Waals surface area contributed by atoms with Crippen molar-refractivity contribution in [1.82, 2.24) is 0 Å². The number of ether oxygens (including phenoxy) is 2. The molecule has 0 atom stereocenters. The second kappa shape index (κ2) is 4.61. The largest absolute Gasteiger partial charge is 0.493 e. The van der Waals surface area contributed by atoms with Crippen molar-refractivity contribution in [3.05, 3.63) is 58.1 Å². The molecule has 5 heteroatoms. The fraction of sp³-hybridized carbons (Fsp3) is 0.143. The minimum atomic E-state index is -0.434. The van der Waals surface area contributed by atoms with Crippen LogP contribution >= 0.6 is 0 Å². The van der Waals surface area contributed by atoms with Crippen LogP contribution in [0.3, 0.4) is 0 Å². The summed E-state index contributed by atoms with van der Waals surface area (Å²) < 4.78 is 11.0. The van der Waals surface area contributed by atoms with Crippen LogP contribution < -0.4 is 9.47 Å². The topological polar surface area (TPSA) is 61.6 Å². The number of nitro benzene ring substituents is 1. The molecule has 0 saturated carbocycles. The van der Waals surface area contributed by atoms with E-state index in [-0.39, 0.29) is 11.4 Å². The summed E-state index contributed by atoms with van der Waals surface area (Å²) >= 11 is 0. The van der Waals surface area contributed by atoms with Crippen LogP contribution in [0.5, 0.6) is 17.2 Å². The molecule has 0 unspecified atom stereocenters. The first-order chi connectivity index (χ1) is 9.24. The summed E-state index contributed by atoms with van der Waals surface area (Å²) in [6.07, 6.45) is 0.696. The Bertz CT molecular complexity index is 625. The Kier molecular flexibility index (Phi) is 2.79. The molecule has 0 aromatic heterocycles. The van der Waals surface area contributed by atoms with Gasteiger partial charge in [0.2, 0.25) is 5.75 Å². The third kappa shape index (κ3) is 2.22. The lowest BCUT2D eigenvalue weighted by molar-refractivity contribution is -0.385. The number of fused-ring (bicyclic) bond motifs is 1. The Labute approximate surface area is 109 Å². The molecule has 1 aliphatic heterocycles. The van der Waals surface area contributed by atoms with Crippen molar-refractivity contribution in [1.29, 1.82) is 0 Å². The van der Waals surface area contributed by atoms with Crippen molar-refractivity contribution in [3.8, 4) is 17.2 Å². The maximum atomic E-state index is 11.1. The van der Waals surface area contributed by atoms with Crippen molar-refractivity contribution in [2.75, 3.05) is 6.61 Å². The van der Waals surface area contributed by atoms with Crippen molar-refractivity contribution in [3.63, 3.8) is 0 Å². The van der Waals surface area contributed by atoms with E-state index in [0.29, 0.717) is 24.5 Å². The van der Waals surface area contributed by atoms with Crippen LogP contribution in [-0.2, 0) is 6.42 Å². The lowest BCUT2D eigenvalue weighted by Gasteiger charge is -2.08. The number of rotatable bonds is 3. The third-order valence-electron chi connectivity index (χ3n) is 2.94. The molecule has 0 N–H and O–H groups in total. The molecular weight excluding hydrogens is 246 g/mol. The highest BCUT2D eigenvalue weighted by Crippen LogP contribution is 2.39. The van der Waals surface area contributed by atoms with Crippen LogP contribution in [0.2, 0.25) is 0 Å². The third-order valence-corrected chi connectivity index (χ3v) is 2.94. The molecule has 0 radical (unpaired) electrons. The van der Waals surface area contributed by atoms with Gasteiger partial charge in [-0.3, -0.25) is 10.1 Å². The number of benzene rings is 2. The molecule has 2 aromatic rings. The molecule has 0 amide bonds. The van der Waals surface area contributed by atoms with Crippen molar-refractivity contribution < 1.29 is 14.4 Å². The zero-order valence-electron chi connectivity index (χ0n) is 10.0. The van der Waals surface area contributed by atoms with Crippen molar-refractivity contribution in [2.24, 2.45) is 0 Å². The molecule has 19 heavy (non-hydrogen) atoms. The normalized spacial score (nSPS) is 12.6. The van der Waals surface area contributed by atoms with E-state index in [4.69, 9.17) is 9.47 Å². The van der Waals surface area contributed by atoms with Gasteiger partial charge < -0.3 is 9.47 Å². The van der Waals surface area contributed by atoms with Gasteiger partial charge in [-0.15, -0.1) is 0 Å². The molecule has 5 nitrogen and oxygen atoms in total. The molecule has 0 saturated heterocycles. The van der Waals surface area contributed by atoms with Gasteiger partial charge in [0.15, 0.2) is 0 Å². The van der Waals surface area contributed by atoms with E-state index in [1.807, 2.05) is 18.2 Å². The molecule has 0 aliphatic carbocycles. The monoisotopic (exact) mass is 257 g/mol. The molecule has 2 aromatic carbocycles. The molecule has 0 spiro atoms. The fourth-order valence-corrected chi connectivity index (χ4v) is 2.03. The Balaban J connectivity index is 2.02. The minimum Gasteiger partial charge on any atom is -0.493 e. The van der Waals surface area contributed by atoms with Crippen LogP contribution in [0.15, 0.2) is 42.5 Å². The average Bonchev–Trinajstić information content (AvgIpc) is 2.86. The lowest BCUT2D eigenvalue weighted by atomic mass is 10.1. The summed E-state index contributed by atoms with van der Waals surface area (Å²) in [5.74, 6) is 1.43. The van der Waals surface area contributed by atoms with E-state index in [2.05, 4.69) is 0 Å². The van der Waals surface area contributed by atoms with Gasteiger partial charge in [0.25, 0.3) is 0 Å². The Morgan fingerprint density at radius 2 is 2.00 bits per heavy atom. The first-order valence-corrected chi connectivity index (χ1v) is 5.91. The number of nitrogens with zero attached hydrogens (tertiary/aromatic N) is 1. The van der Waals surface area contributed by atoms with Crippen molar-refractivity contribution >= 4 is 5.69 Å². The summed E-state index contributed by atoms with van der Waals surface area (Å²) in [6, 6.07) is 12.1. The van der Waals surface area contributed by atoms with Crippen LogP contribution in [0.4, 0.5) is 5.69 Å². The van der Waals surface area contributed by atoms with Gasteiger partial charge in [0.05, 0.1) is 11.5 Å². The maximum Gasteiger partial charge on any atom is 0.312 e. The predicted molar refractivity (Wildman–Crippen MR) is 68.8 cm³/mol. The van der Waals surface area contributed by atoms with Gasteiger partial charge >= 0.3 is 5.69 Å². The summed E-state index contributed by atoms with van der Waals surface area (Å²) in [5.41, 5.74) is 0.820. The summed E-state index contributed by atoms with van der Waals surface area (Å²) in [7, 11) is 0. The molecule has 0 fully saturated rings.